The van der Waals surface area contributed by atoms with Gasteiger partial charge in [0.25, 0.3) is 0 Å². The SMILES string of the molecule is CC.CCOc1ccsc1NC(N)=O. The molecule has 0 aliphatic rings. The van der Waals surface area contributed by atoms with E-state index in [1.807, 2.05) is 26.2 Å². The fourth-order valence-corrected chi connectivity index (χ4v) is 1.50. The Bertz CT molecular complexity index is 274. The molecule has 0 saturated heterocycles. The van der Waals surface area contributed by atoms with Crippen LogP contribution in [0.3, 0.4) is 0 Å². The molecule has 5 heteroatoms. The Kier molecular flexibility index (Phi) is 6.57. The van der Waals surface area contributed by atoms with Crippen molar-refractivity contribution in [1.29, 1.82) is 0 Å². The van der Waals surface area contributed by atoms with E-state index in [1.54, 1.807) is 6.07 Å². The van der Waals surface area contributed by atoms with E-state index in [0.717, 1.165) is 0 Å². The Morgan fingerprint density at radius 2 is 2.29 bits per heavy atom. The zero-order valence-electron chi connectivity index (χ0n) is 8.66. The molecule has 0 atom stereocenters. The first-order valence-electron chi connectivity index (χ1n) is 4.50. The first-order chi connectivity index (χ1) is 6.74. The second-order valence-corrected chi connectivity index (χ2v) is 2.95. The van der Waals surface area contributed by atoms with Crippen molar-refractivity contribution in [2.24, 2.45) is 5.73 Å². The largest absolute Gasteiger partial charge is 0.491 e. The van der Waals surface area contributed by atoms with E-state index < -0.39 is 6.03 Å². The molecule has 2 amide bonds. The van der Waals surface area contributed by atoms with E-state index in [2.05, 4.69) is 5.32 Å². The number of anilines is 1. The van der Waals surface area contributed by atoms with E-state index in [4.69, 9.17) is 10.5 Å². The lowest BCUT2D eigenvalue weighted by Crippen LogP contribution is -2.18. The first-order valence-corrected chi connectivity index (χ1v) is 5.38. The second kappa shape index (κ2) is 7.20. The molecule has 0 unspecified atom stereocenters. The van der Waals surface area contributed by atoms with Gasteiger partial charge in [0.05, 0.1) is 6.61 Å². The molecule has 0 radical (unpaired) electrons. The second-order valence-electron chi connectivity index (χ2n) is 2.04. The summed E-state index contributed by atoms with van der Waals surface area (Å²) in [5, 5.41) is 4.96. The van der Waals surface area contributed by atoms with Crippen LogP contribution in [0.5, 0.6) is 5.75 Å². The molecule has 0 spiro atoms. The van der Waals surface area contributed by atoms with Gasteiger partial charge in [0.2, 0.25) is 0 Å². The topological polar surface area (TPSA) is 64.3 Å². The van der Waals surface area contributed by atoms with Crippen LogP contribution in [-0.2, 0) is 0 Å². The molecule has 80 valence electrons. The van der Waals surface area contributed by atoms with Crippen LogP contribution in [-0.4, -0.2) is 12.6 Å². The fraction of sp³-hybridized carbons (Fsp3) is 0.444. The van der Waals surface area contributed by atoms with E-state index >= 15 is 0 Å². The number of nitrogens with one attached hydrogen (secondary N) is 1. The van der Waals surface area contributed by atoms with Gasteiger partial charge in [-0.1, -0.05) is 13.8 Å². The van der Waals surface area contributed by atoms with Gasteiger partial charge in [-0.25, -0.2) is 4.79 Å². The lowest BCUT2D eigenvalue weighted by Gasteiger charge is -2.03. The lowest BCUT2D eigenvalue weighted by molar-refractivity contribution is 0.259. The van der Waals surface area contributed by atoms with Crippen molar-refractivity contribution in [3.05, 3.63) is 11.4 Å². The molecular formula is C9H16N2O2S. The highest BCUT2D eigenvalue weighted by Gasteiger charge is 2.05. The zero-order chi connectivity index (χ0) is 11.0. The summed E-state index contributed by atoms with van der Waals surface area (Å²) >= 11 is 1.38. The van der Waals surface area contributed by atoms with E-state index in [1.165, 1.54) is 11.3 Å². The van der Waals surface area contributed by atoms with E-state index in [0.29, 0.717) is 17.4 Å². The van der Waals surface area contributed by atoms with Crippen LogP contribution < -0.4 is 15.8 Å². The van der Waals surface area contributed by atoms with Crippen molar-refractivity contribution in [2.45, 2.75) is 20.8 Å². The normalized spacial score (nSPS) is 8.50. The summed E-state index contributed by atoms with van der Waals surface area (Å²) in [4.78, 5) is 10.5. The van der Waals surface area contributed by atoms with Gasteiger partial charge in [-0.2, -0.15) is 0 Å². The van der Waals surface area contributed by atoms with Crippen molar-refractivity contribution in [3.63, 3.8) is 0 Å². The monoisotopic (exact) mass is 216 g/mol. The molecule has 4 nitrogen and oxygen atoms in total. The molecule has 0 aliphatic heterocycles. The van der Waals surface area contributed by atoms with Crippen molar-refractivity contribution in [3.8, 4) is 5.75 Å². The number of ether oxygens (including phenoxy) is 1. The molecule has 1 heterocycles. The van der Waals surface area contributed by atoms with Gasteiger partial charge in [-0.15, -0.1) is 11.3 Å². The summed E-state index contributed by atoms with van der Waals surface area (Å²) in [5.74, 6) is 0.668. The van der Waals surface area contributed by atoms with Crippen LogP contribution in [0, 0.1) is 0 Å². The van der Waals surface area contributed by atoms with Crippen molar-refractivity contribution < 1.29 is 9.53 Å². The number of primary amides is 1. The Balaban J connectivity index is 0.000000791. The molecule has 1 aromatic rings. The van der Waals surface area contributed by atoms with Gasteiger partial charge >= 0.3 is 6.03 Å². The van der Waals surface area contributed by atoms with Crippen LogP contribution >= 0.6 is 11.3 Å². The summed E-state index contributed by atoms with van der Waals surface area (Å²) in [5.41, 5.74) is 4.95. The number of hydrogen-bond acceptors (Lipinski definition) is 3. The highest BCUT2D eigenvalue weighted by Crippen LogP contribution is 2.30. The molecule has 0 fully saturated rings. The Hall–Kier alpha value is -1.23. The number of urea groups is 1. The van der Waals surface area contributed by atoms with Crippen LogP contribution in [0.15, 0.2) is 11.4 Å². The highest BCUT2D eigenvalue weighted by atomic mass is 32.1. The van der Waals surface area contributed by atoms with E-state index in [-0.39, 0.29) is 0 Å². The average Bonchev–Trinajstić information content (AvgIpc) is 2.56. The van der Waals surface area contributed by atoms with Gasteiger partial charge in [-0.3, -0.25) is 5.32 Å². The smallest absolute Gasteiger partial charge is 0.317 e. The zero-order valence-corrected chi connectivity index (χ0v) is 9.48. The Morgan fingerprint density at radius 1 is 1.64 bits per heavy atom. The summed E-state index contributed by atoms with van der Waals surface area (Å²) in [6.45, 7) is 6.45. The first kappa shape index (κ1) is 12.8. The van der Waals surface area contributed by atoms with Crippen LogP contribution in [0.25, 0.3) is 0 Å². The summed E-state index contributed by atoms with van der Waals surface area (Å²) in [7, 11) is 0. The third-order valence-electron chi connectivity index (χ3n) is 1.17. The Labute approximate surface area is 88.1 Å². The maximum Gasteiger partial charge on any atom is 0.317 e. The minimum atomic E-state index is -0.571. The predicted molar refractivity (Wildman–Crippen MR) is 60.0 cm³/mol. The molecule has 0 saturated carbocycles. The third kappa shape index (κ3) is 4.13. The molecule has 14 heavy (non-hydrogen) atoms. The van der Waals surface area contributed by atoms with E-state index in [9.17, 15) is 4.79 Å². The van der Waals surface area contributed by atoms with Crippen LogP contribution in [0.2, 0.25) is 0 Å². The highest BCUT2D eigenvalue weighted by molar-refractivity contribution is 7.14. The molecule has 1 rings (SSSR count). The molecule has 0 aliphatic carbocycles. The standard InChI is InChI=1S/C7H10N2O2S.C2H6/c1-2-11-5-3-4-12-6(5)9-7(8)10;1-2/h3-4H,2H2,1H3,(H3,8,9,10);1-2H3. The number of amides is 2. The maximum atomic E-state index is 10.5. The molecule has 0 aromatic carbocycles. The van der Waals surface area contributed by atoms with Gasteiger partial charge in [0.15, 0.2) is 5.75 Å². The van der Waals surface area contributed by atoms with Crippen LogP contribution in [0.4, 0.5) is 9.80 Å². The van der Waals surface area contributed by atoms with Gasteiger partial charge < -0.3 is 10.5 Å². The maximum absolute atomic E-state index is 10.5. The van der Waals surface area contributed by atoms with Gasteiger partial charge in [-0.05, 0) is 18.4 Å². The van der Waals surface area contributed by atoms with Crippen molar-refractivity contribution in [2.75, 3.05) is 11.9 Å². The number of carbonyl (C=O) groups is 1. The predicted octanol–water partition coefficient (Wildman–Crippen LogP) is 2.66. The molecular weight excluding hydrogens is 200 g/mol. The summed E-state index contributed by atoms with van der Waals surface area (Å²) < 4.78 is 5.22. The number of nitrogens with two attached hydrogens (primary N) is 1. The lowest BCUT2D eigenvalue weighted by atomic mass is 10.5. The third-order valence-corrected chi connectivity index (χ3v) is 1.98. The number of thiophene rings is 1. The average molecular weight is 216 g/mol. The molecule has 1 aromatic heterocycles. The number of carbonyl (C=O) groups excluding carboxylic acids is 1. The minimum absolute atomic E-state index is 0.571. The number of rotatable bonds is 3. The van der Waals surface area contributed by atoms with Crippen LogP contribution in [0.1, 0.15) is 20.8 Å². The molecule has 3 N–H and O–H groups in total. The van der Waals surface area contributed by atoms with Gasteiger partial charge in [0.1, 0.15) is 5.00 Å². The quantitative estimate of drug-likeness (QED) is 0.815. The Morgan fingerprint density at radius 3 is 2.79 bits per heavy atom. The fourth-order valence-electron chi connectivity index (χ4n) is 0.770. The number of hydrogen-bond donors (Lipinski definition) is 2. The van der Waals surface area contributed by atoms with Crippen molar-refractivity contribution >= 4 is 22.4 Å². The minimum Gasteiger partial charge on any atom is -0.491 e. The molecule has 0 bridgehead atoms. The van der Waals surface area contributed by atoms with Crippen molar-refractivity contribution in [1.82, 2.24) is 0 Å². The van der Waals surface area contributed by atoms with Gasteiger partial charge in [0, 0.05) is 0 Å². The summed E-state index contributed by atoms with van der Waals surface area (Å²) in [6.07, 6.45) is 0. The summed E-state index contributed by atoms with van der Waals surface area (Å²) in [6, 6.07) is 1.22.